The lowest BCUT2D eigenvalue weighted by molar-refractivity contribution is -0.120. The molecule has 4 heteroatoms. The zero-order valence-corrected chi connectivity index (χ0v) is 14.4. The quantitative estimate of drug-likeness (QED) is 0.769. The number of amides is 1. The summed E-state index contributed by atoms with van der Waals surface area (Å²) in [7, 11) is 0. The van der Waals surface area contributed by atoms with Crippen molar-refractivity contribution in [2.45, 2.75) is 18.4 Å². The highest BCUT2D eigenvalue weighted by molar-refractivity contribution is 6.06. The Bertz CT molecular complexity index is 941. The molecule has 1 aromatic heterocycles. The molecule has 0 radical (unpaired) electrons. The number of aromatic nitrogens is 1. The van der Waals surface area contributed by atoms with Gasteiger partial charge in [0.05, 0.1) is 0 Å². The number of hydrogen-bond donors (Lipinski definition) is 1. The van der Waals surface area contributed by atoms with Gasteiger partial charge in [0.25, 0.3) is 5.91 Å². The van der Waals surface area contributed by atoms with Crippen LogP contribution in [0, 0.1) is 0 Å². The molecule has 0 saturated carbocycles. The fraction of sp³-hybridized carbons (Fsp3) is 0.182. The van der Waals surface area contributed by atoms with Crippen molar-refractivity contribution in [1.82, 2.24) is 4.98 Å². The molecule has 2 aliphatic rings. The minimum atomic E-state index is -0.479. The van der Waals surface area contributed by atoms with Gasteiger partial charge in [0.2, 0.25) is 0 Å². The normalized spacial score (nSPS) is 21.1. The minimum absolute atomic E-state index is 0.172. The van der Waals surface area contributed by atoms with E-state index < -0.39 is 5.54 Å². The second-order valence-corrected chi connectivity index (χ2v) is 7.03. The first-order valence-corrected chi connectivity index (χ1v) is 8.94. The Morgan fingerprint density at radius 2 is 1.65 bits per heavy atom. The summed E-state index contributed by atoms with van der Waals surface area (Å²) in [5.41, 5.74) is 5.06. The van der Waals surface area contributed by atoms with Crippen LogP contribution in [0.2, 0.25) is 0 Å². The molecule has 1 saturated heterocycles. The van der Waals surface area contributed by atoms with Crippen molar-refractivity contribution in [2.24, 2.45) is 0 Å². The van der Waals surface area contributed by atoms with Gasteiger partial charge in [-0.05, 0) is 53.4 Å². The van der Waals surface area contributed by atoms with Crippen molar-refractivity contribution >= 4 is 17.3 Å². The maximum Gasteiger partial charge on any atom is 0.253 e. The maximum atomic E-state index is 13.2. The highest BCUT2D eigenvalue weighted by Gasteiger charge is 2.50. The Kier molecular flexibility index (Phi) is 3.32. The molecule has 1 amide bonds. The number of hydrogen-bond acceptors (Lipinski definition) is 3. The molecule has 4 nitrogen and oxygen atoms in total. The van der Waals surface area contributed by atoms with Crippen molar-refractivity contribution in [2.75, 3.05) is 16.8 Å². The van der Waals surface area contributed by atoms with Gasteiger partial charge in [-0.3, -0.25) is 9.78 Å². The minimum Gasteiger partial charge on any atom is -0.371 e. The first-order chi connectivity index (χ1) is 12.8. The molecule has 5 rings (SSSR count). The molecule has 0 aliphatic carbocycles. The number of fused-ring (bicyclic) bond motifs is 1. The number of rotatable bonds is 2. The zero-order valence-electron chi connectivity index (χ0n) is 14.4. The molecular weight excluding hydrogens is 322 g/mol. The molecule has 1 atom stereocenters. The lowest BCUT2D eigenvalue weighted by atomic mass is 9.93. The fourth-order valence-electron chi connectivity index (χ4n) is 4.10. The average Bonchev–Trinajstić information content (AvgIpc) is 3.23. The lowest BCUT2D eigenvalue weighted by Gasteiger charge is -2.24. The third-order valence-electron chi connectivity index (χ3n) is 5.49. The Labute approximate surface area is 152 Å². The molecule has 1 spiro atoms. The standard InChI is InChI=1S/C22H19N3O/c26-21-22(15-18-3-1-2-4-20(18)24-22)11-14-25(21)19-7-5-16(6-8-19)17-9-12-23-13-10-17/h1-10,12-13,24H,11,14-15H2. The highest BCUT2D eigenvalue weighted by Crippen LogP contribution is 2.40. The van der Waals surface area contributed by atoms with Crippen molar-refractivity contribution in [1.29, 1.82) is 0 Å². The van der Waals surface area contributed by atoms with E-state index in [1.54, 1.807) is 12.4 Å². The van der Waals surface area contributed by atoms with Crippen LogP contribution in [0.25, 0.3) is 11.1 Å². The van der Waals surface area contributed by atoms with E-state index in [1.165, 1.54) is 5.56 Å². The molecule has 1 N–H and O–H groups in total. The van der Waals surface area contributed by atoms with Crippen molar-refractivity contribution in [3.63, 3.8) is 0 Å². The van der Waals surface area contributed by atoms with Crippen molar-refractivity contribution in [3.8, 4) is 11.1 Å². The molecule has 3 aromatic rings. The summed E-state index contributed by atoms with van der Waals surface area (Å²) in [6.07, 6.45) is 5.18. The number of carbonyl (C=O) groups is 1. The first kappa shape index (κ1) is 15.1. The van der Waals surface area contributed by atoms with E-state index in [0.717, 1.165) is 41.9 Å². The van der Waals surface area contributed by atoms with Crippen molar-refractivity contribution in [3.05, 3.63) is 78.6 Å². The van der Waals surface area contributed by atoms with Crippen LogP contribution in [-0.2, 0) is 11.2 Å². The number of pyridine rings is 1. The van der Waals surface area contributed by atoms with E-state index in [1.807, 2.05) is 41.3 Å². The second-order valence-electron chi connectivity index (χ2n) is 7.03. The maximum absolute atomic E-state index is 13.2. The van der Waals surface area contributed by atoms with Crippen LogP contribution in [-0.4, -0.2) is 23.0 Å². The molecule has 128 valence electrons. The first-order valence-electron chi connectivity index (χ1n) is 8.94. The number of anilines is 2. The summed E-state index contributed by atoms with van der Waals surface area (Å²) in [5.74, 6) is 0.172. The third-order valence-corrected chi connectivity index (χ3v) is 5.49. The van der Waals surface area contributed by atoms with Crippen molar-refractivity contribution < 1.29 is 4.79 Å². The SMILES string of the molecule is O=C1N(c2ccc(-c3ccncc3)cc2)CCC12Cc1ccccc1N2. The predicted octanol–water partition coefficient (Wildman–Crippen LogP) is 3.89. The number of nitrogens with one attached hydrogen (secondary N) is 1. The summed E-state index contributed by atoms with van der Waals surface area (Å²) in [6, 6.07) is 20.4. The van der Waals surface area contributed by atoms with Gasteiger partial charge in [-0.2, -0.15) is 0 Å². The molecule has 2 aliphatic heterocycles. The summed E-state index contributed by atoms with van der Waals surface area (Å²) in [6.45, 7) is 0.744. The van der Waals surface area contributed by atoms with Crippen LogP contribution < -0.4 is 10.2 Å². The summed E-state index contributed by atoms with van der Waals surface area (Å²) in [5, 5.41) is 3.50. The average molecular weight is 341 g/mol. The van der Waals surface area contributed by atoms with Gasteiger partial charge in [-0.1, -0.05) is 30.3 Å². The van der Waals surface area contributed by atoms with E-state index in [4.69, 9.17) is 0 Å². The topological polar surface area (TPSA) is 45.2 Å². The van der Waals surface area contributed by atoms with Gasteiger partial charge in [0.15, 0.2) is 0 Å². The number of carbonyl (C=O) groups excluding carboxylic acids is 1. The van der Waals surface area contributed by atoms with E-state index in [9.17, 15) is 4.79 Å². The van der Waals surface area contributed by atoms with E-state index >= 15 is 0 Å². The monoisotopic (exact) mass is 341 g/mol. The van der Waals surface area contributed by atoms with E-state index in [-0.39, 0.29) is 5.91 Å². The Balaban J connectivity index is 1.40. The fourth-order valence-corrected chi connectivity index (χ4v) is 4.10. The van der Waals surface area contributed by atoms with Crippen LogP contribution >= 0.6 is 0 Å². The molecule has 26 heavy (non-hydrogen) atoms. The molecular formula is C22H19N3O. The van der Waals surface area contributed by atoms with Gasteiger partial charge in [-0.25, -0.2) is 0 Å². The lowest BCUT2D eigenvalue weighted by Crippen LogP contribution is -2.45. The number of nitrogens with zero attached hydrogens (tertiary/aromatic N) is 2. The largest absolute Gasteiger partial charge is 0.371 e. The van der Waals surface area contributed by atoms with Gasteiger partial charge in [0.1, 0.15) is 5.54 Å². The third kappa shape index (κ3) is 2.30. The smallest absolute Gasteiger partial charge is 0.253 e. The highest BCUT2D eigenvalue weighted by atomic mass is 16.2. The zero-order chi connectivity index (χ0) is 17.6. The van der Waals surface area contributed by atoms with Crippen LogP contribution in [0.15, 0.2) is 73.1 Å². The predicted molar refractivity (Wildman–Crippen MR) is 103 cm³/mol. The molecule has 2 aromatic carbocycles. The number of para-hydroxylation sites is 1. The summed E-state index contributed by atoms with van der Waals surface area (Å²) >= 11 is 0. The van der Waals surface area contributed by atoms with Gasteiger partial charge < -0.3 is 10.2 Å². The second kappa shape index (κ2) is 5.70. The molecule has 1 unspecified atom stereocenters. The Morgan fingerprint density at radius 3 is 2.42 bits per heavy atom. The van der Waals surface area contributed by atoms with E-state index in [2.05, 4.69) is 34.6 Å². The van der Waals surface area contributed by atoms with Crippen LogP contribution in [0.5, 0.6) is 0 Å². The molecule has 0 bridgehead atoms. The molecule has 3 heterocycles. The van der Waals surface area contributed by atoms with Crippen LogP contribution in [0.3, 0.4) is 0 Å². The summed E-state index contributed by atoms with van der Waals surface area (Å²) < 4.78 is 0. The van der Waals surface area contributed by atoms with Crippen LogP contribution in [0.4, 0.5) is 11.4 Å². The van der Waals surface area contributed by atoms with Gasteiger partial charge in [0, 0.05) is 36.7 Å². The van der Waals surface area contributed by atoms with Gasteiger partial charge in [-0.15, -0.1) is 0 Å². The van der Waals surface area contributed by atoms with Crippen LogP contribution in [0.1, 0.15) is 12.0 Å². The van der Waals surface area contributed by atoms with Gasteiger partial charge >= 0.3 is 0 Å². The number of benzene rings is 2. The molecule has 1 fully saturated rings. The summed E-state index contributed by atoms with van der Waals surface area (Å²) in [4.78, 5) is 19.2. The van der Waals surface area contributed by atoms with E-state index in [0.29, 0.717) is 0 Å². The Hall–Kier alpha value is -3.14. The Morgan fingerprint density at radius 1 is 0.923 bits per heavy atom.